The molecule has 1 atom stereocenters. The van der Waals surface area contributed by atoms with Crippen molar-refractivity contribution in [3.63, 3.8) is 0 Å². The number of benzene rings is 1. The van der Waals surface area contributed by atoms with Gasteiger partial charge < -0.3 is 5.11 Å². The van der Waals surface area contributed by atoms with E-state index in [1.807, 2.05) is 25.6 Å². The van der Waals surface area contributed by atoms with Crippen molar-refractivity contribution in [2.45, 2.75) is 32.8 Å². The number of rotatable bonds is 4. The summed E-state index contributed by atoms with van der Waals surface area (Å²) in [4.78, 5) is 0. The van der Waals surface area contributed by atoms with Crippen molar-refractivity contribution in [2.75, 3.05) is 0 Å². The highest BCUT2D eigenvalue weighted by Gasteiger charge is 2.15. The Kier molecular flexibility index (Phi) is 4.60. The van der Waals surface area contributed by atoms with E-state index in [9.17, 15) is 9.50 Å². The van der Waals surface area contributed by atoms with E-state index in [1.165, 1.54) is 12.1 Å². The van der Waals surface area contributed by atoms with Gasteiger partial charge >= 0.3 is 0 Å². The highest BCUT2D eigenvalue weighted by molar-refractivity contribution is 9.10. The van der Waals surface area contributed by atoms with E-state index in [1.54, 1.807) is 6.07 Å². The Bertz CT molecular complexity index is 625. The first kappa shape index (κ1) is 15.2. The maximum atomic E-state index is 13.2. The first-order valence-electron chi connectivity index (χ1n) is 6.49. The van der Waals surface area contributed by atoms with Gasteiger partial charge in [-0.15, -0.1) is 0 Å². The fourth-order valence-corrected chi connectivity index (χ4v) is 2.78. The molecular formula is C15H18BrFN2O. The van der Waals surface area contributed by atoms with Crippen LogP contribution < -0.4 is 0 Å². The lowest BCUT2D eigenvalue weighted by Crippen LogP contribution is -2.15. The Morgan fingerprint density at radius 2 is 2.05 bits per heavy atom. The van der Waals surface area contributed by atoms with Crippen molar-refractivity contribution < 1.29 is 9.50 Å². The molecule has 1 N–H and O–H groups in total. The zero-order valence-corrected chi connectivity index (χ0v) is 13.4. The Balaban J connectivity index is 2.13. The first-order valence-corrected chi connectivity index (χ1v) is 7.29. The normalized spacial score (nSPS) is 12.7. The van der Waals surface area contributed by atoms with Crippen LogP contribution in [0.3, 0.4) is 0 Å². The summed E-state index contributed by atoms with van der Waals surface area (Å²) in [7, 11) is 1.89. The van der Waals surface area contributed by atoms with Crippen molar-refractivity contribution >= 4 is 15.9 Å². The van der Waals surface area contributed by atoms with Gasteiger partial charge in [-0.25, -0.2) is 4.39 Å². The molecule has 2 rings (SSSR count). The molecule has 1 unspecified atom stereocenters. The van der Waals surface area contributed by atoms with Gasteiger partial charge in [-0.05, 0) is 49.6 Å². The van der Waals surface area contributed by atoms with E-state index in [4.69, 9.17) is 0 Å². The van der Waals surface area contributed by atoms with Gasteiger partial charge in [-0.1, -0.05) is 15.9 Å². The number of aliphatic hydroxyl groups excluding tert-OH is 1. The minimum Gasteiger partial charge on any atom is -0.392 e. The van der Waals surface area contributed by atoms with Gasteiger partial charge in [0.15, 0.2) is 0 Å². The van der Waals surface area contributed by atoms with E-state index in [0.717, 1.165) is 27.0 Å². The van der Waals surface area contributed by atoms with Gasteiger partial charge in [-0.3, -0.25) is 4.68 Å². The quantitative estimate of drug-likeness (QED) is 0.928. The van der Waals surface area contributed by atoms with Crippen LogP contribution in [0.2, 0.25) is 0 Å². The van der Waals surface area contributed by atoms with E-state index < -0.39 is 6.10 Å². The van der Waals surface area contributed by atoms with Crippen LogP contribution in [-0.4, -0.2) is 21.0 Å². The summed E-state index contributed by atoms with van der Waals surface area (Å²) in [6, 6.07) is 4.52. The molecule has 0 radical (unpaired) electrons. The van der Waals surface area contributed by atoms with E-state index in [2.05, 4.69) is 21.0 Å². The largest absolute Gasteiger partial charge is 0.392 e. The van der Waals surface area contributed by atoms with Crippen LogP contribution in [0, 0.1) is 19.7 Å². The van der Waals surface area contributed by atoms with Crippen LogP contribution in [0.5, 0.6) is 0 Å². The number of hydrogen-bond donors (Lipinski definition) is 1. The highest BCUT2D eigenvalue weighted by atomic mass is 79.9. The SMILES string of the molecule is Cc1nn(C)c(C)c1CC(O)Cc1cc(F)ccc1Br. The second kappa shape index (κ2) is 6.06. The average molecular weight is 341 g/mol. The molecule has 0 aliphatic rings. The third kappa shape index (κ3) is 3.27. The van der Waals surface area contributed by atoms with Crippen LogP contribution in [0.25, 0.3) is 0 Å². The van der Waals surface area contributed by atoms with Gasteiger partial charge in [-0.2, -0.15) is 5.10 Å². The molecule has 5 heteroatoms. The van der Waals surface area contributed by atoms with Crippen molar-refractivity contribution in [2.24, 2.45) is 7.05 Å². The standard InChI is InChI=1S/C15H18BrFN2O/c1-9-14(10(2)19(3)18-9)8-13(20)7-11-6-12(17)4-5-15(11)16/h4-6,13,20H,7-8H2,1-3H3. The predicted octanol–water partition coefficient (Wildman–Crippen LogP) is 3.08. The molecule has 2 aromatic rings. The van der Waals surface area contributed by atoms with Crippen LogP contribution in [0.4, 0.5) is 4.39 Å². The number of aromatic nitrogens is 2. The smallest absolute Gasteiger partial charge is 0.123 e. The lowest BCUT2D eigenvalue weighted by Gasteiger charge is -2.12. The summed E-state index contributed by atoms with van der Waals surface area (Å²) >= 11 is 3.38. The number of hydrogen-bond acceptors (Lipinski definition) is 2. The zero-order valence-electron chi connectivity index (χ0n) is 11.8. The van der Waals surface area contributed by atoms with E-state index in [0.29, 0.717) is 12.8 Å². The van der Waals surface area contributed by atoms with E-state index >= 15 is 0 Å². The number of nitrogens with zero attached hydrogens (tertiary/aromatic N) is 2. The predicted molar refractivity (Wildman–Crippen MR) is 80.2 cm³/mol. The molecule has 0 aliphatic heterocycles. The maximum absolute atomic E-state index is 13.2. The van der Waals surface area contributed by atoms with Crippen molar-refractivity contribution in [3.05, 3.63) is 51.0 Å². The molecule has 0 fully saturated rings. The van der Waals surface area contributed by atoms with Crippen LogP contribution in [0.1, 0.15) is 22.5 Å². The molecule has 0 amide bonds. The fraction of sp³-hybridized carbons (Fsp3) is 0.400. The number of aliphatic hydroxyl groups is 1. The highest BCUT2D eigenvalue weighted by Crippen LogP contribution is 2.21. The van der Waals surface area contributed by atoms with Gasteiger partial charge in [0.1, 0.15) is 5.82 Å². The molecule has 1 aromatic carbocycles. The summed E-state index contributed by atoms with van der Waals surface area (Å²) in [5, 5.41) is 14.6. The topological polar surface area (TPSA) is 38.0 Å². The van der Waals surface area contributed by atoms with Crippen LogP contribution in [0.15, 0.2) is 22.7 Å². The zero-order chi connectivity index (χ0) is 14.9. The second-order valence-corrected chi connectivity index (χ2v) is 5.93. The minimum atomic E-state index is -0.560. The monoisotopic (exact) mass is 340 g/mol. The Hall–Kier alpha value is -1.20. The molecule has 0 saturated heterocycles. The molecule has 1 aromatic heterocycles. The molecule has 3 nitrogen and oxygen atoms in total. The summed E-state index contributed by atoms with van der Waals surface area (Å²) < 4.78 is 15.9. The van der Waals surface area contributed by atoms with Crippen LogP contribution >= 0.6 is 15.9 Å². The molecule has 0 spiro atoms. The van der Waals surface area contributed by atoms with Crippen LogP contribution in [-0.2, 0) is 19.9 Å². The number of aryl methyl sites for hydroxylation is 2. The first-order chi connectivity index (χ1) is 9.38. The summed E-state index contributed by atoms with van der Waals surface area (Å²) in [5.41, 5.74) is 3.83. The van der Waals surface area contributed by atoms with Gasteiger partial charge in [0, 0.05) is 23.6 Å². The third-order valence-corrected chi connectivity index (χ3v) is 4.34. The van der Waals surface area contributed by atoms with Crippen molar-refractivity contribution in [1.82, 2.24) is 9.78 Å². The Morgan fingerprint density at radius 1 is 1.35 bits per heavy atom. The fourth-order valence-electron chi connectivity index (χ4n) is 2.37. The Morgan fingerprint density at radius 3 is 2.65 bits per heavy atom. The molecule has 0 aliphatic carbocycles. The van der Waals surface area contributed by atoms with E-state index in [-0.39, 0.29) is 5.82 Å². The Labute approximate surface area is 126 Å². The molecule has 0 bridgehead atoms. The molecule has 108 valence electrons. The maximum Gasteiger partial charge on any atom is 0.123 e. The average Bonchev–Trinajstić information content (AvgIpc) is 2.61. The third-order valence-electron chi connectivity index (χ3n) is 3.56. The minimum absolute atomic E-state index is 0.288. The van der Waals surface area contributed by atoms with Gasteiger partial charge in [0.2, 0.25) is 0 Å². The summed E-state index contributed by atoms with van der Waals surface area (Å²) in [5.74, 6) is -0.288. The second-order valence-electron chi connectivity index (χ2n) is 5.07. The lowest BCUT2D eigenvalue weighted by molar-refractivity contribution is 0.174. The van der Waals surface area contributed by atoms with Gasteiger partial charge in [0.05, 0.1) is 11.8 Å². The van der Waals surface area contributed by atoms with Gasteiger partial charge in [0.25, 0.3) is 0 Å². The molecular weight excluding hydrogens is 323 g/mol. The molecule has 0 saturated carbocycles. The summed E-state index contributed by atoms with van der Waals surface area (Å²) in [6.45, 7) is 3.92. The lowest BCUT2D eigenvalue weighted by atomic mass is 10.00. The van der Waals surface area contributed by atoms with Crippen molar-refractivity contribution in [3.8, 4) is 0 Å². The van der Waals surface area contributed by atoms with Crippen molar-refractivity contribution in [1.29, 1.82) is 0 Å². The summed E-state index contributed by atoms with van der Waals surface area (Å²) in [6.07, 6.45) is 0.371. The molecule has 1 heterocycles. The number of halogens is 2. The molecule has 20 heavy (non-hydrogen) atoms.